The van der Waals surface area contributed by atoms with E-state index in [-0.39, 0.29) is 18.5 Å². The second-order valence-corrected chi connectivity index (χ2v) is 23.5. The van der Waals surface area contributed by atoms with Gasteiger partial charge in [-0.15, -0.1) is 0 Å². The van der Waals surface area contributed by atoms with E-state index < -0.39 is 12.1 Å². The number of unbranched alkanes of at least 4 members (excludes halogenated alkanes) is 49. The molecule has 0 aliphatic carbocycles. The van der Waals surface area contributed by atoms with E-state index in [0.717, 1.165) is 44.9 Å². The van der Waals surface area contributed by atoms with Gasteiger partial charge >= 0.3 is 5.97 Å². The standard InChI is InChI=1S/C70H133NO5/c1-3-5-7-9-11-13-15-16-17-18-19-20-24-27-30-33-36-39-43-46-50-54-58-62-68(73)67(66-72)71-69(74)63-59-55-51-47-44-40-37-34-31-28-25-22-21-23-26-29-32-35-38-41-45-49-53-57-61-65-76-70(75)64-60-56-52-48-42-14-12-10-8-6-4-2/h22-23,25-26,58,62,67-68,72-73H,3-21,24,27-57,59-61,63-66H2,1-2H3,(H,71,74)/b25-22-,26-23-,62-58+. The number of rotatable bonds is 64. The van der Waals surface area contributed by atoms with Gasteiger partial charge in [0.1, 0.15) is 0 Å². The van der Waals surface area contributed by atoms with E-state index in [1.165, 1.54) is 302 Å². The zero-order valence-electron chi connectivity index (χ0n) is 51.3. The lowest BCUT2D eigenvalue weighted by Gasteiger charge is -2.20. The Balaban J connectivity index is 3.47. The van der Waals surface area contributed by atoms with Crippen LogP contribution in [0.3, 0.4) is 0 Å². The Hall–Kier alpha value is -1.92. The third-order valence-corrected chi connectivity index (χ3v) is 15.9. The van der Waals surface area contributed by atoms with Crippen LogP contribution in [0.15, 0.2) is 36.5 Å². The predicted octanol–water partition coefficient (Wildman–Crippen LogP) is 21.9. The van der Waals surface area contributed by atoms with Crippen LogP contribution in [-0.4, -0.2) is 47.4 Å². The van der Waals surface area contributed by atoms with Gasteiger partial charge in [-0.1, -0.05) is 333 Å². The van der Waals surface area contributed by atoms with Gasteiger partial charge in [-0.2, -0.15) is 0 Å². The molecule has 0 aliphatic heterocycles. The molecule has 0 fully saturated rings. The third kappa shape index (κ3) is 61.3. The molecule has 0 radical (unpaired) electrons. The van der Waals surface area contributed by atoms with Crippen molar-refractivity contribution in [1.82, 2.24) is 5.32 Å². The summed E-state index contributed by atoms with van der Waals surface area (Å²) in [6, 6.07) is -0.634. The topological polar surface area (TPSA) is 95.9 Å². The number of carbonyl (C=O) groups is 2. The molecule has 0 saturated carbocycles. The molecular formula is C70H133NO5. The van der Waals surface area contributed by atoms with E-state index in [1.54, 1.807) is 6.08 Å². The lowest BCUT2D eigenvalue weighted by molar-refractivity contribution is -0.143. The summed E-state index contributed by atoms with van der Waals surface area (Å²) in [6.07, 6.45) is 83.5. The predicted molar refractivity (Wildman–Crippen MR) is 333 cm³/mol. The minimum absolute atomic E-state index is 0.00858. The van der Waals surface area contributed by atoms with Gasteiger partial charge in [0.2, 0.25) is 5.91 Å². The minimum atomic E-state index is -0.850. The van der Waals surface area contributed by atoms with Crippen molar-refractivity contribution in [3.63, 3.8) is 0 Å². The van der Waals surface area contributed by atoms with Gasteiger partial charge in [0.15, 0.2) is 0 Å². The van der Waals surface area contributed by atoms with Gasteiger partial charge in [0.25, 0.3) is 0 Å². The van der Waals surface area contributed by atoms with E-state index in [0.29, 0.717) is 19.4 Å². The van der Waals surface area contributed by atoms with Crippen LogP contribution < -0.4 is 5.32 Å². The van der Waals surface area contributed by atoms with E-state index in [2.05, 4.69) is 43.5 Å². The van der Waals surface area contributed by atoms with Gasteiger partial charge in [0.05, 0.1) is 25.4 Å². The first-order valence-electron chi connectivity index (χ1n) is 34.3. The van der Waals surface area contributed by atoms with Crippen molar-refractivity contribution in [2.75, 3.05) is 13.2 Å². The Morgan fingerprint density at radius 1 is 0.368 bits per heavy atom. The van der Waals surface area contributed by atoms with Crippen LogP contribution in [0.2, 0.25) is 0 Å². The van der Waals surface area contributed by atoms with Crippen molar-refractivity contribution >= 4 is 11.9 Å². The van der Waals surface area contributed by atoms with Crippen molar-refractivity contribution in [3.8, 4) is 0 Å². The number of carbonyl (C=O) groups excluding carboxylic acids is 2. The van der Waals surface area contributed by atoms with Crippen molar-refractivity contribution in [1.29, 1.82) is 0 Å². The first-order valence-corrected chi connectivity index (χ1v) is 34.3. The normalized spacial score (nSPS) is 12.7. The van der Waals surface area contributed by atoms with Gasteiger partial charge < -0.3 is 20.3 Å². The maximum Gasteiger partial charge on any atom is 0.305 e. The SMILES string of the molecule is CCCCCCCCCCCCCCCCCCCCCCC/C=C/C(O)C(CO)NC(=O)CCCCCCCCCCC/C=C\C/C=C\CCCCCCCCCCCOC(=O)CCCCCCCCCCCCC. The first-order chi connectivity index (χ1) is 37.5. The number of ether oxygens (including phenoxy) is 1. The Kier molecular flexibility index (Phi) is 63.9. The van der Waals surface area contributed by atoms with Crippen LogP contribution in [0, 0.1) is 0 Å². The molecule has 76 heavy (non-hydrogen) atoms. The third-order valence-electron chi connectivity index (χ3n) is 15.9. The van der Waals surface area contributed by atoms with Crippen LogP contribution in [0.5, 0.6) is 0 Å². The van der Waals surface area contributed by atoms with E-state index in [1.807, 2.05) is 6.08 Å². The smallest absolute Gasteiger partial charge is 0.305 e. The van der Waals surface area contributed by atoms with Crippen LogP contribution in [0.4, 0.5) is 0 Å². The lowest BCUT2D eigenvalue weighted by atomic mass is 10.0. The fraction of sp³-hybridized carbons (Fsp3) is 0.886. The number of esters is 1. The summed E-state index contributed by atoms with van der Waals surface area (Å²) in [5.41, 5.74) is 0. The molecule has 0 bridgehead atoms. The summed E-state index contributed by atoms with van der Waals surface area (Å²) in [5, 5.41) is 23.2. The fourth-order valence-corrected chi connectivity index (χ4v) is 10.7. The molecule has 448 valence electrons. The number of hydrogen-bond acceptors (Lipinski definition) is 5. The Morgan fingerprint density at radius 3 is 1.00 bits per heavy atom. The summed E-state index contributed by atoms with van der Waals surface area (Å²) < 4.78 is 5.47. The van der Waals surface area contributed by atoms with Crippen molar-refractivity contribution < 1.29 is 24.5 Å². The fourth-order valence-electron chi connectivity index (χ4n) is 10.7. The zero-order chi connectivity index (χ0) is 55.0. The number of amides is 1. The highest BCUT2D eigenvalue weighted by atomic mass is 16.5. The summed E-state index contributed by atoms with van der Waals surface area (Å²) >= 11 is 0. The summed E-state index contributed by atoms with van der Waals surface area (Å²) in [7, 11) is 0. The number of nitrogens with one attached hydrogen (secondary N) is 1. The average molecular weight is 1070 g/mol. The molecule has 0 saturated heterocycles. The molecule has 0 aromatic carbocycles. The van der Waals surface area contributed by atoms with E-state index in [4.69, 9.17) is 4.74 Å². The van der Waals surface area contributed by atoms with Gasteiger partial charge in [-0.05, 0) is 64.2 Å². The highest BCUT2D eigenvalue weighted by Gasteiger charge is 2.18. The molecule has 2 unspecified atom stereocenters. The van der Waals surface area contributed by atoms with Gasteiger partial charge in [-0.25, -0.2) is 0 Å². The molecule has 0 rings (SSSR count). The van der Waals surface area contributed by atoms with Crippen molar-refractivity contribution in [2.24, 2.45) is 0 Å². The molecule has 0 aromatic rings. The molecule has 0 aliphatic rings. The Bertz CT molecular complexity index is 1230. The highest BCUT2D eigenvalue weighted by Crippen LogP contribution is 2.18. The Morgan fingerprint density at radius 2 is 0.658 bits per heavy atom. The van der Waals surface area contributed by atoms with Crippen LogP contribution >= 0.6 is 0 Å². The van der Waals surface area contributed by atoms with Crippen molar-refractivity contribution in [3.05, 3.63) is 36.5 Å². The largest absolute Gasteiger partial charge is 0.466 e. The number of hydrogen-bond donors (Lipinski definition) is 3. The summed E-state index contributed by atoms with van der Waals surface area (Å²) in [6.45, 7) is 4.92. The molecular weight excluding hydrogens is 935 g/mol. The second kappa shape index (κ2) is 65.6. The highest BCUT2D eigenvalue weighted by molar-refractivity contribution is 5.76. The molecule has 6 heteroatoms. The van der Waals surface area contributed by atoms with Crippen LogP contribution in [0.1, 0.15) is 373 Å². The molecule has 0 aromatic heterocycles. The number of aliphatic hydroxyl groups excluding tert-OH is 2. The molecule has 2 atom stereocenters. The second-order valence-electron chi connectivity index (χ2n) is 23.5. The zero-order valence-corrected chi connectivity index (χ0v) is 51.3. The maximum atomic E-state index is 12.5. The molecule has 1 amide bonds. The monoisotopic (exact) mass is 1070 g/mol. The summed E-state index contributed by atoms with van der Waals surface area (Å²) in [5.74, 6) is -0.0620. The minimum Gasteiger partial charge on any atom is -0.466 e. The van der Waals surface area contributed by atoms with Crippen LogP contribution in [-0.2, 0) is 14.3 Å². The van der Waals surface area contributed by atoms with E-state index in [9.17, 15) is 19.8 Å². The quantitative estimate of drug-likeness (QED) is 0.0320. The first kappa shape index (κ1) is 74.1. The van der Waals surface area contributed by atoms with Gasteiger partial charge in [-0.3, -0.25) is 9.59 Å². The molecule has 3 N–H and O–H groups in total. The molecule has 0 heterocycles. The average Bonchev–Trinajstić information content (AvgIpc) is 3.42. The van der Waals surface area contributed by atoms with Crippen LogP contribution in [0.25, 0.3) is 0 Å². The van der Waals surface area contributed by atoms with Crippen molar-refractivity contribution in [2.45, 2.75) is 386 Å². The molecule has 0 spiro atoms. The number of allylic oxidation sites excluding steroid dienone is 5. The maximum absolute atomic E-state index is 12.5. The molecule has 6 nitrogen and oxygen atoms in total. The Labute approximate surface area is 474 Å². The van der Waals surface area contributed by atoms with E-state index >= 15 is 0 Å². The number of aliphatic hydroxyl groups is 2. The lowest BCUT2D eigenvalue weighted by Crippen LogP contribution is -2.45. The summed E-state index contributed by atoms with van der Waals surface area (Å²) in [4.78, 5) is 24.5. The van der Waals surface area contributed by atoms with Gasteiger partial charge in [0, 0.05) is 12.8 Å².